The number of hydrogen-bond donors (Lipinski definition) is 2. The molecule has 4 unspecified atom stereocenters. The summed E-state index contributed by atoms with van der Waals surface area (Å²) in [6, 6.07) is 11.1. The van der Waals surface area contributed by atoms with Crippen molar-refractivity contribution in [2.75, 3.05) is 20.0 Å². The summed E-state index contributed by atoms with van der Waals surface area (Å²) in [6.07, 6.45) is 1.36. The third-order valence-electron chi connectivity index (χ3n) is 6.62. The van der Waals surface area contributed by atoms with E-state index in [2.05, 4.69) is 84.2 Å². The molecule has 0 spiro atoms. The van der Waals surface area contributed by atoms with Crippen LogP contribution in [-0.4, -0.2) is 38.1 Å². The molecular formula is C20H31N3SSi. The number of hydrogen-bond acceptors (Lipinski definition) is 4. The summed E-state index contributed by atoms with van der Waals surface area (Å²) in [5.74, 6) is 1.56. The molecule has 3 aliphatic rings. The van der Waals surface area contributed by atoms with E-state index >= 15 is 0 Å². The molecule has 4 atom stereocenters. The van der Waals surface area contributed by atoms with Crippen LogP contribution < -0.4 is 10.6 Å². The molecule has 0 aromatic heterocycles. The van der Waals surface area contributed by atoms with Gasteiger partial charge in [0.1, 0.15) is 8.24 Å². The van der Waals surface area contributed by atoms with E-state index in [1.165, 1.54) is 12.0 Å². The summed E-state index contributed by atoms with van der Waals surface area (Å²) in [5.41, 5.74) is 3.94. The Kier molecular flexibility index (Phi) is 4.88. The van der Waals surface area contributed by atoms with Crippen molar-refractivity contribution in [2.24, 2.45) is 11.8 Å². The summed E-state index contributed by atoms with van der Waals surface area (Å²) in [5, 5.41) is 7.80. The molecule has 1 aliphatic carbocycles. The van der Waals surface area contributed by atoms with Crippen molar-refractivity contribution in [3.8, 4) is 0 Å². The van der Waals surface area contributed by atoms with Gasteiger partial charge < -0.3 is 0 Å². The highest BCUT2D eigenvalue weighted by Crippen LogP contribution is 2.62. The fourth-order valence-corrected chi connectivity index (χ4v) is 12.4. The van der Waals surface area contributed by atoms with Crippen LogP contribution in [0.1, 0.15) is 25.8 Å². The van der Waals surface area contributed by atoms with E-state index in [0.717, 1.165) is 42.6 Å². The minimum absolute atomic E-state index is 0.741. The van der Waals surface area contributed by atoms with Crippen LogP contribution in [0.15, 0.2) is 35.2 Å². The second-order valence-electron chi connectivity index (χ2n) is 8.45. The summed E-state index contributed by atoms with van der Waals surface area (Å²) in [6.45, 7) is 13.1. The van der Waals surface area contributed by atoms with Gasteiger partial charge in [-0.15, -0.1) is 11.8 Å². The van der Waals surface area contributed by atoms with E-state index in [9.17, 15) is 0 Å². The van der Waals surface area contributed by atoms with E-state index in [4.69, 9.17) is 0 Å². The molecule has 2 N–H and O–H groups in total. The van der Waals surface area contributed by atoms with Gasteiger partial charge in [0, 0.05) is 25.3 Å². The van der Waals surface area contributed by atoms with Crippen LogP contribution in [0.5, 0.6) is 0 Å². The van der Waals surface area contributed by atoms with Crippen LogP contribution in [0.25, 0.3) is 5.57 Å². The lowest BCUT2D eigenvalue weighted by Crippen LogP contribution is -2.63. The monoisotopic (exact) mass is 373 g/mol. The number of thioether (sulfide) groups is 1. The van der Waals surface area contributed by atoms with Gasteiger partial charge in [-0.1, -0.05) is 50.3 Å². The standard InChI is InChI=1S/C20H31N3SSi/c1-14-10-17-18(16-8-6-5-7-9-16)15(2)24-19(17)20(14)25(3,4)23-12-21-11-22-13-23/h5-9,14,17,19-22H,10-13H2,1-4H3. The molecule has 1 aromatic rings. The minimum Gasteiger partial charge on any atom is -0.299 e. The molecule has 1 saturated heterocycles. The number of rotatable bonds is 3. The Morgan fingerprint density at radius 2 is 1.80 bits per heavy atom. The van der Waals surface area contributed by atoms with Crippen LogP contribution in [0.4, 0.5) is 0 Å². The molecule has 136 valence electrons. The van der Waals surface area contributed by atoms with E-state index < -0.39 is 8.24 Å². The normalized spacial score (nSPS) is 33.8. The maximum atomic E-state index is 3.51. The first-order valence-electron chi connectivity index (χ1n) is 9.59. The van der Waals surface area contributed by atoms with Crippen molar-refractivity contribution in [1.82, 2.24) is 15.2 Å². The number of fused-ring (bicyclic) bond motifs is 1. The first-order valence-corrected chi connectivity index (χ1v) is 13.5. The van der Waals surface area contributed by atoms with Crippen molar-refractivity contribution in [3.05, 3.63) is 40.8 Å². The molecule has 1 aromatic carbocycles. The average molecular weight is 374 g/mol. The van der Waals surface area contributed by atoms with Crippen molar-refractivity contribution < 1.29 is 0 Å². The third kappa shape index (κ3) is 3.04. The molecule has 2 aliphatic heterocycles. The molecular weight excluding hydrogens is 342 g/mol. The second kappa shape index (κ2) is 6.85. The van der Waals surface area contributed by atoms with E-state index in [1.54, 1.807) is 10.5 Å². The van der Waals surface area contributed by atoms with Gasteiger partial charge in [0.25, 0.3) is 0 Å². The van der Waals surface area contributed by atoms with E-state index in [0.29, 0.717) is 0 Å². The zero-order valence-corrected chi connectivity index (χ0v) is 17.7. The zero-order valence-electron chi connectivity index (χ0n) is 15.9. The number of nitrogens with one attached hydrogen (secondary N) is 2. The summed E-state index contributed by atoms with van der Waals surface area (Å²) in [4.78, 5) is 1.57. The predicted molar refractivity (Wildman–Crippen MR) is 112 cm³/mol. The Morgan fingerprint density at radius 3 is 2.48 bits per heavy atom. The van der Waals surface area contributed by atoms with Gasteiger partial charge in [0.15, 0.2) is 0 Å². The Hall–Kier alpha value is -0.593. The molecule has 0 bridgehead atoms. The number of nitrogens with zero attached hydrogens (tertiary/aromatic N) is 1. The van der Waals surface area contributed by atoms with Crippen molar-refractivity contribution in [1.29, 1.82) is 0 Å². The number of allylic oxidation sites excluding steroid dienone is 2. The highest BCUT2D eigenvalue weighted by atomic mass is 32.2. The smallest absolute Gasteiger partial charge is 0.129 e. The SMILES string of the molecule is CC1=C(c2ccccc2)C2CC(C)C([Si](C)(C)N3CNCNC3)C2S1. The van der Waals surface area contributed by atoms with Crippen molar-refractivity contribution >= 4 is 25.6 Å². The van der Waals surface area contributed by atoms with E-state index in [1.807, 2.05) is 0 Å². The lowest BCUT2D eigenvalue weighted by atomic mass is 9.90. The molecule has 1 saturated carbocycles. The second-order valence-corrected chi connectivity index (χ2v) is 14.4. The fraction of sp³-hybridized carbons (Fsp3) is 0.600. The summed E-state index contributed by atoms with van der Waals surface area (Å²) >= 11 is 2.19. The molecule has 2 fully saturated rings. The lowest BCUT2D eigenvalue weighted by molar-refractivity contribution is 0.283. The van der Waals surface area contributed by atoms with Gasteiger partial charge in [0.2, 0.25) is 0 Å². The summed E-state index contributed by atoms with van der Waals surface area (Å²) in [7, 11) is -1.52. The molecule has 25 heavy (non-hydrogen) atoms. The first kappa shape index (κ1) is 17.8. The molecule has 0 radical (unpaired) electrons. The average Bonchev–Trinajstić information content (AvgIpc) is 3.09. The Morgan fingerprint density at radius 1 is 1.12 bits per heavy atom. The van der Waals surface area contributed by atoms with Crippen molar-refractivity contribution in [2.45, 2.75) is 44.2 Å². The largest absolute Gasteiger partial charge is 0.299 e. The van der Waals surface area contributed by atoms with Crippen LogP contribution in [0.2, 0.25) is 18.6 Å². The Bertz CT molecular complexity index is 654. The van der Waals surface area contributed by atoms with Gasteiger partial charge in [-0.3, -0.25) is 15.2 Å². The van der Waals surface area contributed by atoms with Crippen LogP contribution in [0.3, 0.4) is 0 Å². The molecule has 0 amide bonds. The predicted octanol–water partition coefficient (Wildman–Crippen LogP) is 4.13. The van der Waals surface area contributed by atoms with Gasteiger partial charge >= 0.3 is 0 Å². The highest BCUT2D eigenvalue weighted by molar-refractivity contribution is 8.04. The van der Waals surface area contributed by atoms with Crippen LogP contribution in [-0.2, 0) is 0 Å². The zero-order chi connectivity index (χ0) is 17.6. The Balaban J connectivity index is 1.62. The maximum absolute atomic E-state index is 3.51. The molecule has 5 heteroatoms. The fourth-order valence-electron chi connectivity index (χ4n) is 5.50. The van der Waals surface area contributed by atoms with E-state index in [-0.39, 0.29) is 0 Å². The Labute approximate surface area is 157 Å². The first-order chi connectivity index (χ1) is 12.0. The topological polar surface area (TPSA) is 27.3 Å². The summed E-state index contributed by atoms with van der Waals surface area (Å²) < 4.78 is 2.73. The molecule has 4 rings (SSSR count). The van der Waals surface area contributed by atoms with Crippen LogP contribution in [0, 0.1) is 11.8 Å². The maximum Gasteiger partial charge on any atom is 0.129 e. The van der Waals surface area contributed by atoms with Gasteiger partial charge in [0.05, 0.1) is 0 Å². The van der Waals surface area contributed by atoms with Gasteiger partial charge in [-0.05, 0) is 46.8 Å². The third-order valence-corrected chi connectivity index (χ3v) is 12.8. The molecule has 3 nitrogen and oxygen atoms in total. The van der Waals surface area contributed by atoms with Crippen molar-refractivity contribution in [3.63, 3.8) is 0 Å². The van der Waals surface area contributed by atoms with Crippen LogP contribution >= 0.6 is 11.8 Å². The lowest BCUT2D eigenvalue weighted by Gasteiger charge is -2.46. The van der Waals surface area contributed by atoms with Gasteiger partial charge in [-0.2, -0.15) is 0 Å². The number of benzene rings is 1. The van der Waals surface area contributed by atoms with Gasteiger partial charge in [-0.25, -0.2) is 0 Å². The highest BCUT2D eigenvalue weighted by Gasteiger charge is 2.55. The molecule has 2 heterocycles. The quantitative estimate of drug-likeness (QED) is 0.779. The minimum atomic E-state index is -1.52.